The molecular formula is C17H11Cl2F3N4O. The van der Waals surface area contributed by atoms with Crippen molar-refractivity contribution in [3.63, 3.8) is 0 Å². The number of benzene rings is 1. The molecule has 5 nitrogen and oxygen atoms in total. The minimum Gasteiger partial charge on any atom is -0.391 e. The molecule has 0 spiro atoms. The molecule has 2 heterocycles. The summed E-state index contributed by atoms with van der Waals surface area (Å²) in [5.74, 6) is 0.0498. The van der Waals surface area contributed by atoms with E-state index in [1.54, 1.807) is 30.3 Å². The summed E-state index contributed by atoms with van der Waals surface area (Å²) in [5.41, 5.74) is 0.364. The van der Waals surface area contributed by atoms with Gasteiger partial charge >= 0.3 is 6.18 Å². The largest absolute Gasteiger partial charge is 0.417 e. The summed E-state index contributed by atoms with van der Waals surface area (Å²) in [5, 5.41) is 8.28. The summed E-state index contributed by atoms with van der Waals surface area (Å²) in [4.78, 5) is 8.97. The van der Waals surface area contributed by atoms with Gasteiger partial charge < -0.3 is 4.84 Å². The Hall–Kier alpha value is -2.58. The highest BCUT2D eigenvalue weighted by molar-refractivity contribution is 6.32. The SMILES string of the molecule is FC(F)(F)c1cnc(-n2nccc2/C=N\OCc2ccc(Cl)cc2)c(Cl)c1. The van der Waals surface area contributed by atoms with E-state index in [1.165, 1.54) is 17.1 Å². The van der Waals surface area contributed by atoms with Crippen molar-refractivity contribution in [1.82, 2.24) is 14.8 Å². The Balaban J connectivity index is 1.73. The summed E-state index contributed by atoms with van der Waals surface area (Å²) in [6, 6.07) is 9.45. The highest BCUT2D eigenvalue weighted by atomic mass is 35.5. The van der Waals surface area contributed by atoms with Crippen LogP contribution >= 0.6 is 23.2 Å². The lowest BCUT2D eigenvalue weighted by Crippen LogP contribution is -2.09. The molecule has 27 heavy (non-hydrogen) atoms. The maximum Gasteiger partial charge on any atom is 0.417 e. The fourth-order valence-electron chi connectivity index (χ4n) is 2.11. The molecule has 0 aliphatic carbocycles. The first-order valence-corrected chi connectivity index (χ1v) is 8.27. The van der Waals surface area contributed by atoms with E-state index in [-0.39, 0.29) is 17.4 Å². The normalized spacial score (nSPS) is 11.9. The molecule has 1 aromatic carbocycles. The van der Waals surface area contributed by atoms with Gasteiger partial charge in [0.1, 0.15) is 6.61 Å². The van der Waals surface area contributed by atoms with Crippen LogP contribution in [0.5, 0.6) is 0 Å². The third-order valence-corrected chi connectivity index (χ3v) is 3.96. The van der Waals surface area contributed by atoms with Crippen molar-refractivity contribution in [3.05, 3.63) is 75.7 Å². The smallest absolute Gasteiger partial charge is 0.391 e. The van der Waals surface area contributed by atoms with Crippen molar-refractivity contribution in [1.29, 1.82) is 0 Å². The first kappa shape index (κ1) is 19.2. The monoisotopic (exact) mass is 414 g/mol. The first-order valence-electron chi connectivity index (χ1n) is 7.51. The number of aromatic nitrogens is 3. The third-order valence-electron chi connectivity index (χ3n) is 3.43. The van der Waals surface area contributed by atoms with E-state index in [2.05, 4.69) is 15.2 Å². The van der Waals surface area contributed by atoms with Crippen molar-refractivity contribution in [2.75, 3.05) is 0 Å². The Morgan fingerprint density at radius 3 is 2.56 bits per heavy atom. The molecular weight excluding hydrogens is 404 g/mol. The molecule has 0 bridgehead atoms. The second-order valence-electron chi connectivity index (χ2n) is 5.33. The van der Waals surface area contributed by atoms with E-state index in [0.29, 0.717) is 16.9 Å². The van der Waals surface area contributed by atoms with E-state index in [9.17, 15) is 13.2 Å². The molecule has 0 aliphatic rings. The van der Waals surface area contributed by atoms with E-state index in [0.717, 1.165) is 11.6 Å². The molecule has 3 aromatic rings. The summed E-state index contributed by atoms with van der Waals surface area (Å²) in [6.07, 6.45) is -1.03. The van der Waals surface area contributed by atoms with Crippen LogP contribution in [0.2, 0.25) is 10.0 Å². The number of pyridine rings is 1. The second-order valence-corrected chi connectivity index (χ2v) is 6.17. The van der Waals surface area contributed by atoms with Crippen LogP contribution in [0, 0.1) is 0 Å². The van der Waals surface area contributed by atoms with Gasteiger partial charge in [0.05, 0.1) is 28.7 Å². The molecule has 0 aliphatic heterocycles. The van der Waals surface area contributed by atoms with Crippen molar-refractivity contribution < 1.29 is 18.0 Å². The highest BCUT2D eigenvalue weighted by Crippen LogP contribution is 2.31. The van der Waals surface area contributed by atoms with Gasteiger partial charge in [-0.15, -0.1) is 0 Å². The summed E-state index contributed by atoms with van der Waals surface area (Å²) >= 11 is 11.7. The van der Waals surface area contributed by atoms with Crippen molar-refractivity contribution in [2.45, 2.75) is 12.8 Å². The number of oxime groups is 1. The number of rotatable bonds is 5. The topological polar surface area (TPSA) is 52.3 Å². The minimum absolute atomic E-state index is 0.0498. The van der Waals surface area contributed by atoms with Crippen LogP contribution in [0.4, 0.5) is 13.2 Å². The summed E-state index contributed by atoms with van der Waals surface area (Å²) in [7, 11) is 0. The van der Waals surface area contributed by atoms with Crippen molar-refractivity contribution >= 4 is 29.4 Å². The maximum atomic E-state index is 12.7. The molecule has 0 unspecified atom stereocenters. The van der Waals surface area contributed by atoms with Crippen LogP contribution in [0.25, 0.3) is 5.82 Å². The molecule has 2 aromatic heterocycles. The standard InChI is InChI=1S/C17H11Cl2F3N4O/c18-13-3-1-11(2-4-13)10-27-25-9-14-5-6-24-26(14)16-15(19)7-12(8-23-16)17(20,21)22/h1-9H,10H2/b25-9-. The zero-order chi connectivity index (χ0) is 19.4. The number of hydrogen-bond donors (Lipinski definition) is 0. The van der Waals surface area contributed by atoms with E-state index in [1.807, 2.05) is 0 Å². The zero-order valence-corrected chi connectivity index (χ0v) is 15.0. The summed E-state index contributed by atoms with van der Waals surface area (Å²) < 4.78 is 39.4. The quantitative estimate of drug-likeness (QED) is 0.428. The number of nitrogens with zero attached hydrogens (tertiary/aromatic N) is 4. The second kappa shape index (κ2) is 7.98. The van der Waals surface area contributed by atoms with Crippen LogP contribution in [0.3, 0.4) is 0 Å². The molecule has 0 fully saturated rings. The van der Waals surface area contributed by atoms with Crippen molar-refractivity contribution in [2.24, 2.45) is 5.16 Å². The predicted molar refractivity (Wildman–Crippen MR) is 95.2 cm³/mol. The van der Waals surface area contributed by atoms with Crippen LogP contribution < -0.4 is 0 Å². The van der Waals surface area contributed by atoms with E-state index < -0.39 is 11.7 Å². The van der Waals surface area contributed by atoms with E-state index in [4.69, 9.17) is 28.0 Å². The molecule has 0 radical (unpaired) electrons. The molecule has 10 heteroatoms. The molecule has 0 amide bonds. The summed E-state index contributed by atoms with van der Waals surface area (Å²) in [6.45, 7) is 0.223. The number of halogens is 5. The van der Waals surface area contributed by atoms with Crippen LogP contribution in [-0.2, 0) is 17.6 Å². The molecule has 0 saturated heterocycles. The lowest BCUT2D eigenvalue weighted by Gasteiger charge is -2.10. The Labute approximate surface area is 162 Å². The minimum atomic E-state index is -4.53. The molecule has 140 valence electrons. The molecule has 0 saturated carbocycles. The van der Waals surface area contributed by atoms with Gasteiger partial charge in [-0.2, -0.15) is 18.3 Å². The maximum absolute atomic E-state index is 12.7. The van der Waals surface area contributed by atoms with Gasteiger partial charge in [-0.25, -0.2) is 9.67 Å². The molecule has 0 atom stereocenters. The fraction of sp³-hybridized carbons (Fsp3) is 0.118. The van der Waals surface area contributed by atoms with Gasteiger partial charge in [-0.05, 0) is 29.8 Å². The van der Waals surface area contributed by atoms with Gasteiger partial charge in [-0.3, -0.25) is 0 Å². The van der Waals surface area contributed by atoms with Crippen molar-refractivity contribution in [3.8, 4) is 5.82 Å². The fourth-order valence-corrected chi connectivity index (χ4v) is 2.49. The number of hydrogen-bond acceptors (Lipinski definition) is 4. The van der Waals surface area contributed by atoms with Gasteiger partial charge in [0.25, 0.3) is 0 Å². The Morgan fingerprint density at radius 2 is 1.89 bits per heavy atom. The lowest BCUT2D eigenvalue weighted by atomic mass is 10.2. The Morgan fingerprint density at radius 1 is 1.15 bits per heavy atom. The van der Waals surface area contributed by atoms with Gasteiger partial charge in [-0.1, -0.05) is 40.5 Å². The van der Waals surface area contributed by atoms with Crippen LogP contribution in [0.15, 0.2) is 53.9 Å². The van der Waals surface area contributed by atoms with Crippen LogP contribution in [0.1, 0.15) is 16.8 Å². The van der Waals surface area contributed by atoms with Gasteiger partial charge in [0, 0.05) is 11.2 Å². The lowest BCUT2D eigenvalue weighted by molar-refractivity contribution is -0.137. The highest BCUT2D eigenvalue weighted by Gasteiger charge is 2.31. The predicted octanol–water partition coefficient (Wildman–Crippen LogP) is 5.14. The number of alkyl halides is 3. The van der Waals surface area contributed by atoms with Gasteiger partial charge in [0.2, 0.25) is 0 Å². The van der Waals surface area contributed by atoms with Gasteiger partial charge in [0.15, 0.2) is 5.82 Å². The average molecular weight is 415 g/mol. The third kappa shape index (κ3) is 4.78. The first-order chi connectivity index (χ1) is 12.8. The molecule has 0 N–H and O–H groups in total. The molecule has 3 rings (SSSR count). The Kier molecular flexibility index (Phi) is 5.67. The van der Waals surface area contributed by atoms with E-state index >= 15 is 0 Å². The zero-order valence-electron chi connectivity index (χ0n) is 13.5. The average Bonchev–Trinajstić information content (AvgIpc) is 3.07. The Bertz CT molecular complexity index is 956. The van der Waals surface area contributed by atoms with Crippen LogP contribution in [-0.4, -0.2) is 21.0 Å².